The monoisotopic (exact) mass is 394 g/mol. The van der Waals surface area contributed by atoms with Gasteiger partial charge in [-0.15, -0.1) is 11.3 Å². The molecular weight excluding hydrogens is 380 g/mol. The second kappa shape index (κ2) is 7.43. The van der Waals surface area contributed by atoms with Crippen LogP contribution in [0.5, 0.6) is 0 Å². The van der Waals surface area contributed by atoms with Crippen molar-refractivity contribution in [1.82, 2.24) is 0 Å². The fraction of sp³-hybridized carbons (Fsp3) is 0.294. The molecule has 3 rings (SSSR count). The molecule has 0 spiro atoms. The molecule has 0 bridgehead atoms. The predicted octanol–water partition coefficient (Wildman–Crippen LogP) is 3.85. The highest BCUT2D eigenvalue weighted by Crippen LogP contribution is 2.38. The number of carbonyl (C=O) groups is 2. The smallest absolute Gasteiger partial charge is 0.350 e. The summed E-state index contributed by atoms with van der Waals surface area (Å²) in [6.07, 6.45) is 0.210. The molecule has 2 unspecified atom stereocenters. The van der Waals surface area contributed by atoms with Crippen LogP contribution in [0.15, 0.2) is 30.3 Å². The van der Waals surface area contributed by atoms with Gasteiger partial charge < -0.3 is 10.1 Å². The number of halogens is 1. The number of nitro groups is 1. The van der Waals surface area contributed by atoms with E-state index in [1.54, 1.807) is 37.3 Å². The quantitative estimate of drug-likeness (QED) is 0.455. The zero-order chi connectivity index (χ0) is 18.8. The van der Waals surface area contributed by atoms with Crippen LogP contribution in [0.1, 0.15) is 23.0 Å². The molecule has 2 aromatic rings. The van der Waals surface area contributed by atoms with E-state index in [1.165, 1.54) is 11.3 Å². The van der Waals surface area contributed by atoms with Crippen LogP contribution in [0, 0.1) is 16.0 Å². The summed E-state index contributed by atoms with van der Waals surface area (Å²) in [6.45, 7) is 1.89. The number of nitrogens with one attached hydrogen (secondary N) is 1. The van der Waals surface area contributed by atoms with Crippen molar-refractivity contribution in [3.63, 3.8) is 0 Å². The Bertz CT molecular complexity index is 865. The van der Waals surface area contributed by atoms with Crippen LogP contribution in [0.25, 0.3) is 10.4 Å². The number of amides is 1. The van der Waals surface area contributed by atoms with Crippen molar-refractivity contribution in [2.45, 2.75) is 19.4 Å². The summed E-state index contributed by atoms with van der Waals surface area (Å²) < 4.78 is 5.04. The van der Waals surface area contributed by atoms with Gasteiger partial charge in [0.2, 0.25) is 11.9 Å². The molecule has 1 heterocycles. The highest BCUT2D eigenvalue weighted by Gasteiger charge is 2.53. The first-order chi connectivity index (χ1) is 12.4. The SMILES string of the molecule is CCOC(=O)c1sc(-c2ccc(Cl)cc2)cc1NC(=O)C1CC1[N+](=O)[O-]. The molecule has 1 aliphatic carbocycles. The van der Waals surface area contributed by atoms with Crippen molar-refractivity contribution in [2.24, 2.45) is 5.92 Å². The zero-order valence-corrected chi connectivity index (χ0v) is 15.3. The number of nitrogens with zero attached hydrogens (tertiary/aromatic N) is 1. The Morgan fingerprint density at radius 1 is 1.38 bits per heavy atom. The number of benzene rings is 1. The van der Waals surface area contributed by atoms with Gasteiger partial charge in [0.1, 0.15) is 10.8 Å². The number of hydrogen-bond donors (Lipinski definition) is 1. The fourth-order valence-corrected chi connectivity index (χ4v) is 3.65. The van der Waals surface area contributed by atoms with Crippen LogP contribution in [0.2, 0.25) is 5.02 Å². The largest absolute Gasteiger partial charge is 0.462 e. The van der Waals surface area contributed by atoms with Crippen molar-refractivity contribution in [3.8, 4) is 10.4 Å². The van der Waals surface area contributed by atoms with Crippen molar-refractivity contribution in [2.75, 3.05) is 11.9 Å². The van der Waals surface area contributed by atoms with Gasteiger partial charge in [-0.05, 0) is 30.7 Å². The zero-order valence-electron chi connectivity index (χ0n) is 13.7. The van der Waals surface area contributed by atoms with E-state index in [9.17, 15) is 19.7 Å². The number of ether oxygens (including phenoxy) is 1. The molecule has 2 atom stereocenters. The van der Waals surface area contributed by atoms with Crippen molar-refractivity contribution >= 4 is 40.5 Å². The van der Waals surface area contributed by atoms with Crippen LogP contribution in [0.3, 0.4) is 0 Å². The Hall–Kier alpha value is -2.45. The third-order valence-electron chi connectivity index (χ3n) is 3.94. The van der Waals surface area contributed by atoms with Gasteiger partial charge in [-0.25, -0.2) is 4.79 Å². The summed E-state index contributed by atoms with van der Waals surface area (Å²) in [6, 6.07) is 7.88. The molecule has 1 N–H and O–H groups in total. The Balaban J connectivity index is 1.87. The molecule has 1 aromatic carbocycles. The maximum atomic E-state index is 12.2. The second-order valence-electron chi connectivity index (χ2n) is 5.76. The average Bonchev–Trinajstić information content (AvgIpc) is 3.31. The summed E-state index contributed by atoms with van der Waals surface area (Å²) in [4.78, 5) is 35.7. The number of hydrogen-bond acceptors (Lipinski definition) is 6. The van der Waals surface area contributed by atoms with Gasteiger partial charge in [0, 0.05) is 21.2 Å². The number of anilines is 1. The minimum absolute atomic E-state index is 0.201. The van der Waals surface area contributed by atoms with E-state index in [0.717, 1.165) is 10.4 Å². The number of carbonyl (C=O) groups excluding carboxylic acids is 2. The first kappa shape index (κ1) is 18.3. The van der Waals surface area contributed by atoms with Crippen molar-refractivity contribution in [1.29, 1.82) is 0 Å². The summed E-state index contributed by atoms with van der Waals surface area (Å²) in [5.74, 6) is -1.67. The first-order valence-electron chi connectivity index (χ1n) is 7.92. The van der Waals surface area contributed by atoms with Gasteiger partial charge in [-0.1, -0.05) is 23.7 Å². The highest BCUT2D eigenvalue weighted by atomic mass is 35.5. The Labute approximate surface area is 158 Å². The summed E-state index contributed by atoms with van der Waals surface area (Å²) in [5, 5.41) is 14.0. The molecular formula is C17H15ClN2O5S. The van der Waals surface area contributed by atoms with E-state index in [1.807, 2.05) is 0 Å². The molecule has 1 aromatic heterocycles. The maximum absolute atomic E-state index is 12.2. The Morgan fingerprint density at radius 3 is 2.65 bits per heavy atom. The fourth-order valence-electron chi connectivity index (χ4n) is 2.51. The van der Waals surface area contributed by atoms with Crippen LogP contribution in [-0.4, -0.2) is 29.4 Å². The topological polar surface area (TPSA) is 98.5 Å². The minimum Gasteiger partial charge on any atom is -0.462 e. The Kier molecular flexibility index (Phi) is 5.24. The normalized spacial score (nSPS) is 18.2. The molecule has 1 aliphatic rings. The maximum Gasteiger partial charge on any atom is 0.350 e. The van der Waals surface area contributed by atoms with E-state index in [0.29, 0.717) is 10.7 Å². The molecule has 1 saturated carbocycles. The molecule has 1 fully saturated rings. The molecule has 136 valence electrons. The minimum atomic E-state index is -0.851. The van der Waals surface area contributed by atoms with Gasteiger partial charge >= 0.3 is 5.97 Å². The van der Waals surface area contributed by atoms with Gasteiger partial charge in [0.15, 0.2) is 0 Å². The summed E-state index contributed by atoms with van der Waals surface area (Å²) in [5.41, 5.74) is 1.14. The van der Waals surface area contributed by atoms with E-state index in [4.69, 9.17) is 16.3 Å². The third-order valence-corrected chi connectivity index (χ3v) is 5.36. The van der Waals surface area contributed by atoms with Crippen molar-refractivity contribution in [3.05, 3.63) is 50.3 Å². The van der Waals surface area contributed by atoms with Crippen LogP contribution in [-0.2, 0) is 9.53 Å². The van der Waals surface area contributed by atoms with E-state index < -0.39 is 28.8 Å². The molecule has 26 heavy (non-hydrogen) atoms. The number of thiophene rings is 1. The second-order valence-corrected chi connectivity index (χ2v) is 7.25. The van der Waals surface area contributed by atoms with E-state index >= 15 is 0 Å². The lowest BCUT2D eigenvalue weighted by molar-refractivity contribution is -0.497. The van der Waals surface area contributed by atoms with Gasteiger partial charge in [0.25, 0.3) is 0 Å². The number of rotatable bonds is 6. The molecule has 0 radical (unpaired) electrons. The van der Waals surface area contributed by atoms with Crippen LogP contribution < -0.4 is 5.32 Å². The first-order valence-corrected chi connectivity index (χ1v) is 9.11. The van der Waals surface area contributed by atoms with Crippen LogP contribution in [0.4, 0.5) is 5.69 Å². The van der Waals surface area contributed by atoms with E-state index in [2.05, 4.69) is 5.32 Å². The lowest BCUT2D eigenvalue weighted by Crippen LogP contribution is -2.19. The van der Waals surface area contributed by atoms with Gasteiger partial charge in [-0.2, -0.15) is 0 Å². The summed E-state index contributed by atoms with van der Waals surface area (Å²) >= 11 is 7.08. The third kappa shape index (κ3) is 3.86. The molecule has 9 heteroatoms. The average molecular weight is 395 g/mol. The molecule has 1 amide bonds. The number of esters is 1. The van der Waals surface area contributed by atoms with Crippen LogP contribution >= 0.6 is 22.9 Å². The lowest BCUT2D eigenvalue weighted by atomic mass is 10.2. The molecule has 7 nitrogen and oxygen atoms in total. The molecule has 0 saturated heterocycles. The Morgan fingerprint density at radius 2 is 2.08 bits per heavy atom. The van der Waals surface area contributed by atoms with Gasteiger partial charge in [0.05, 0.1) is 12.3 Å². The van der Waals surface area contributed by atoms with E-state index in [-0.39, 0.29) is 17.9 Å². The predicted molar refractivity (Wildman–Crippen MR) is 98.2 cm³/mol. The standard InChI is InChI=1S/C17H15ClN2O5S/c1-2-25-17(22)15-12(19-16(21)11-7-13(11)20(23)24)8-14(26-15)9-3-5-10(18)6-4-9/h3-6,8,11,13H,2,7H2,1H3,(H,19,21). The lowest BCUT2D eigenvalue weighted by Gasteiger charge is -2.05. The van der Waals surface area contributed by atoms with Gasteiger partial charge in [-0.3, -0.25) is 14.9 Å². The molecule has 0 aliphatic heterocycles. The highest BCUT2D eigenvalue weighted by molar-refractivity contribution is 7.18. The summed E-state index contributed by atoms with van der Waals surface area (Å²) in [7, 11) is 0. The van der Waals surface area contributed by atoms with Crippen molar-refractivity contribution < 1.29 is 19.2 Å².